The van der Waals surface area contributed by atoms with Gasteiger partial charge in [0.25, 0.3) is 0 Å². The fourth-order valence-corrected chi connectivity index (χ4v) is 4.68. The van der Waals surface area contributed by atoms with Gasteiger partial charge in [-0.3, -0.25) is 4.79 Å². The van der Waals surface area contributed by atoms with Gasteiger partial charge >= 0.3 is 35.5 Å². The summed E-state index contributed by atoms with van der Waals surface area (Å²) in [5.74, 6) is -0.256. The quantitative estimate of drug-likeness (QED) is 0.115. The Morgan fingerprint density at radius 3 is 2.10 bits per heavy atom. The van der Waals surface area contributed by atoms with E-state index in [1.54, 1.807) is 0 Å². The van der Waals surface area contributed by atoms with Crippen LogP contribution in [0.4, 0.5) is 0 Å². The summed E-state index contributed by atoms with van der Waals surface area (Å²) in [6, 6.07) is 0. The van der Waals surface area contributed by atoms with Crippen LogP contribution in [0.5, 0.6) is 0 Å². The van der Waals surface area contributed by atoms with E-state index in [4.69, 9.17) is 9.26 Å². The van der Waals surface area contributed by atoms with Gasteiger partial charge in [-0.2, -0.15) is 0 Å². The van der Waals surface area contributed by atoms with Gasteiger partial charge in [0.15, 0.2) is 0 Å². The monoisotopic (exact) mass is 438 g/mol. The van der Waals surface area contributed by atoms with Gasteiger partial charge in [0.1, 0.15) is 14.2 Å². The average molecular weight is 439 g/mol. The molecule has 1 rings (SSSR count). The summed E-state index contributed by atoms with van der Waals surface area (Å²) in [6.07, 6.45) is 21.0. The Balaban J connectivity index is 0.00000784. The van der Waals surface area contributed by atoms with Gasteiger partial charge in [-0.15, -0.1) is 0 Å². The van der Waals surface area contributed by atoms with Crippen LogP contribution < -0.4 is 34.5 Å². The van der Waals surface area contributed by atoms with Crippen molar-refractivity contribution in [3.05, 3.63) is 12.2 Å². The molecule has 0 amide bonds. The summed E-state index contributed by atoms with van der Waals surface area (Å²) >= 11 is 0. The zero-order chi connectivity index (χ0) is 20.5. The van der Waals surface area contributed by atoms with Crippen molar-refractivity contribution in [1.82, 2.24) is 0 Å². The van der Waals surface area contributed by atoms with Gasteiger partial charge in [-0.1, -0.05) is 70.4 Å². The Kier molecular flexibility index (Phi) is 19.3. The van der Waals surface area contributed by atoms with Crippen molar-refractivity contribution in [3.8, 4) is 0 Å². The molecule has 2 atom stereocenters. The molecule has 1 heterocycles. The maximum absolute atomic E-state index is 11.7. The van der Waals surface area contributed by atoms with E-state index in [0.29, 0.717) is 12.8 Å². The SMILES string of the molecule is CCCCCCCC/C=C/CCCCCCCC(=O)OC[C@H]1CCP(=O)([O-])O1.[Na+]. The maximum Gasteiger partial charge on any atom is 1.00 e. The van der Waals surface area contributed by atoms with Crippen LogP contribution in [0.1, 0.15) is 103 Å². The van der Waals surface area contributed by atoms with Crippen molar-refractivity contribution < 1.29 is 53.1 Å². The molecule has 0 aliphatic carbocycles. The Labute approximate surface area is 200 Å². The summed E-state index contributed by atoms with van der Waals surface area (Å²) < 4.78 is 21.1. The molecule has 0 saturated carbocycles. The molecule has 0 N–H and O–H groups in total. The molecule has 29 heavy (non-hydrogen) atoms. The first-order valence-electron chi connectivity index (χ1n) is 11.3. The van der Waals surface area contributed by atoms with Crippen LogP contribution in [0.25, 0.3) is 0 Å². The second-order valence-electron chi connectivity index (χ2n) is 7.87. The molecule has 5 nitrogen and oxygen atoms in total. The molecule has 0 bridgehead atoms. The van der Waals surface area contributed by atoms with E-state index in [-0.39, 0.29) is 48.3 Å². The predicted octanol–water partition coefficient (Wildman–Crippen LogP) is 2.91. The molecular formula is C22H40NaO5P. The molecule has 164 valence electrons. The number of unbranched alkanes of at least 4 members (excludes halogenated alkanes) is 11. The number of hydrogen-bond donors (Lipinski definition) is 0. The van der Waals surface area contributed by atoms with Crippen molar-refractivity contribution in [2.45, 2.75) is 109 Å². The summed E-state index contributed by atoms with van der Waals surface area (Å²) in [6.45, 7) is 2.30. The number of hydrogen-bond acceptors (Lipinski definition) is 5. The molecule has 7 heteroatoms. The molecule has 1 saturated heterocycles. The maximum atomic E-state index is 11.7. The first-order valence-corrected chi connectivity index (χ1v) is 13.1. The second kappa shape index (κ2) is 19.1. The normalized spacial score (nSPS) is 21.4. The standard InChI is InChI=1S/C22H41O5P.Na/c1-2-3-4-5-6-7-8-9-10-11-12-13-14-15-16-17-22(23)26-20-21-18-19-28(24,25)27-21;/h9-10,21H,2-8,11-20H2,1H3,(H,24,25);/q;+1/p-1/b10-9+;/t21-;/m1./s1. The minimum Gasteiger partial charge on any atom is -0.778 e. The van der Waals surface area contributed by atoms with E-state index in [1.165, 1.54) is 57.8 Å². The summed E-state index contributed by atoms with van der Waals surface area (Å²) in [5, 5.41) is 0. The molecule has 0 aromatic heterocycles. The van der Waals surface area contributed by atoms with E-state index in [9.17, 15) is 14.3 Å². The van der Waals surface area contributed by atoms with Crippen LogP contribution in [-0.4, -0.2) is 24.8 Å². The molecule has 0 radical (unpaired) electrons. The van der Waals surface area contributed by atoms with E-state index in [1.807, 2.05) is 0 Å². The van der Waals surface area contributed by atoms with Gasteiger partial charge in [0.2, 0.25) is 0 Å². The third-order valence-corrected chi connectivity index (χ3v) is 6.53. The van der Waals surface area contributed by atoms with Crippen molar-refractivity contribution in [2.75, 3.05) is 12.8 Å². The molecular weight excluding hydrogens is 398 g/mol. The van der Waals surface area contributed by atoms with Crippen LogP contribution in [0.2, 0.25) is 0 Å². The second-order valence-corrected chi connectivity index (χ2v) is 9.75. The van der Waals surface area contributed by atoms with Gasteiger partial charge in [-0.05, 0) is 38.5 Å². The van der Waals surface area contributed by atoms with E-state index in [0.717, 1.165) is 25.7 Å². The molecule has 1 aliphatic heterocycles. The number of esters is 1. The van der Waals surface area contributed by atoms with Crippen molar-refractivity contribution in [2.24, 2.45) is 0 Å². The fourth-order valence-electron chi connectivity index (χ4n) is 3.35. The van der Waals surface area contributed by atoms with Crippen molar-refractivity contribution >= 4 is 13.6 Å². The topological polar surface area (TPSA) is 75.7 Å². The van der Waals surface area contributed by atoms with E-state index >= 15 is 0 Å². The van der Waals surface area contributed by atoms with E-state index in [2.05, 4.69) is 19.1 Å². The predicted molar refractivity (Wildman–Crippen MR) is 112 cm³/mol. The smallest absolute Gasteiger partial charge is 0.778 e. The fraction of sp³-hybridized carbons (Fsp3) is 0.864. The van der Waals surface area contributed by atoms with Crippen LogP contribution in [0.3, 0.4) is 0 Å². The Morgan fingerprint density at radius 1 is 1.00 bits per heavy atom. The van der Waals surface area contributed by atoms with Gasteiger partial charge < -0.3 is 18.7 Å². The first-order chi connectivity index (χ1) is 13.5. The molecule has 1 aliphatic rings. The Bertz CT molecular complexity index is 484. The van der Waals surface area contributed by atoms with Gasteiger partial charge in [0, 0.05) is 12.6 Å². The zero-order valence-electron chi connectivity index (χ0n) is 18.7. The number of allylic oxidation sites excluding steroid dienone is 2. The van der Waals surface area contributed by atoms with Crippen LogP contribution in [0, 0.1) is 0 Å². The molecule has 0 spiro atoms. The minimum atomic E-state index is -3.66. The first kappa shape index (κ1) is 29.4. The Hall–Kier alpha value is 0.360. The molecule has 0 aromatic carbocycles. The summed E-state index contributed by atoms with van der Waals surface area (Å²) in [4.78, 5) is 22.8. The van der Waals surface area contributed by atoms with Crippen molar-refractivity contribution in [3.63, 3.8) is 0 Å². The van der Waals surface area contributed by atoms with Crippen LogP contribution >= 0.6 is 7.60 Å². The van der Waals surface area contributed by atoms with Crippen molar-refractivity contribution in [1.29, 1.82) is 0 Å². The largest absolute Gasteiger partial charge is 1.00 e. The van der Waals surface area contributed by atoms with Crippen LogP contribution in [-0.2, 0) is 18.6 Å². The number of carbonyl (C=O) groups excluding carboxylic acids is 1. The summed E-state index contributed by atoms with van der Waals surface area (Å²) in [7, 11) is -3.66. The Morgan fingerprint density at radius 2 is 1.55 bits per heavy atom. The number of rotatable bonds is 17. The van der Waals surface area contributed by atoms with Gasteiger partial charge in [0.05, 0.1) is 6.10 Å². The summed E-state index contributed by atoms with van der Waals surface area (Å²) in [5.41, 5.74) is 0. The molecule has 0 aromatic rings. The molecule has 1 unspecified atom stereocenters. The third-order valence-electron chi connectivity index (χ3n) is 5.11. The minimum absolute atomic E-state index is 0. The zero-order valence-corrected chi connectivity index (χ0v) is 21.6. The number of carbonyl (C=O) groups is 1. The van der Waals surface area contributed by atoms with Crippen LogP contribution in [0.15, 0.2) is 12.2 Å². The number of ether oxygens (including phenoxy) is 1. The average Bonchev–Trinajstić information content (AvgIpc) is 3.02. The van der Waals surface area contributed by atoms with Gasteiger partial charge in [-0.25, -0.2) is 0 Å². The van der Waals surface area contributed by atoms with E-state index < -0.39 is 13.7 Å². The molecule has 1 fully saturated rings. The third kappa shape index (κ3) is 17.7.